The second-order valence-corrected chi connectivity index (χ2v) is 6.17. The van der Waals surface area contributed by atoms with Crippen molar-refractivity contribution in [3.63, 3.8) is 0 Å². The first-order valence-corrected chi connectivity index (χ1v) is 8.44. The first kappa shape index (κ1) is 23.5. The van der Waals surface area contributed by atoms with Gasteiger partial charge in [-0.05, 0) is 38.0 Å². The maximum absolute atomic E-state index is 11.9. The van der Waals surface area contributed by atoms with Crippen LogP contribution < -0.4 is 15.8 Å². The lowest BCUT2D eigenvalue weighted by Crippen LogP contribution is -2.39. The van der Waals surface area contributed by atoms with Gasteiger partial charge in [-0.1, -0.05) is 25.4 Å². The molecular formula is C17H27Cl2N3O3. The van der Waals surface area contributed by atoms with Gasteiger partial charge in [0, 0.05) is 18.8 Å². The van der Waals surface area contributed by atoms with Crippen molar-refractivity contribution in [2.45, 2.75) is 33.7 Å². The van der Waals surface area contributed by atoms with Crippen LogP contribution in [0.1, 0.15) is 27.7 Å². The lowest BCUT2D eigenvalue weighted by molar-refractivity contribution is -0.133. The molecule has 0 aliphatic heterocycles. The Bertz CT molecular complexity index is 578. The fourth-order valence-electron chi connectivity index (χ4n) is 2.03. The number of carbonyl (C=O) groups is 2. The second-order valence-electron chi connectivity index (χ2n) is 5.76. The zero-order valence-corrected chi connectivity index (χ0v) is 16.6. The van der Waals surface area contributed by atoms with E-state index in [9.17, 15) is 9.59 Å². The van der Waals surface area contributed by atoms with Gasteiger partial charge in [0.05, 0.1) is 11.1 Å². The number of nitrogens with two attached hydrogens (primary N) is 1. The molecule has 3 N–H and O–H groups in total. The molecule has 142 valence electrons. The third-order valence-corrected chi connectivity index (χ3v) is 3.98. The van der Waals surface area contributed by atoms with E-state index in [1.165, 1.54) is 0 Å². The maximum atomic E-state index is 11.9. The van der Waals surface area contributed by atoms with E-state index in [2.05, 4.69) is 5.32 Å². The van der Waals surface area contributed by atoms with Gasteiger partial charge in [-0.15, -0.1) is 12.4 Å². The predicted octanol–water partition coefficient (Wildman–Crippen LogP) is 2.93. The van der Waals surface area contributed by atoms with Gasteiger partial charge in [-0.3, -0.25) is 9.59 Å². The van der Waals surface area contributed by atoms with E-state index in [-0.39, 0.29) is 36.7 Å². The van der Waals surface area contributed by atoms with Crippen molar-refractivity contribution in [1.29, 1.82) is 0 Å². The molecule has 0 bridgehead atoms. The molecule has 25 heavy (non-hydrogen) atoms. The number of ether oxygens (including phenoxy) is 1. The van der Waals surface area contributed by atoms with Crippen molar-refractivity contribution in [2.24, 2.45) is 11.7 Å². The van der Waals surface area contributed by atoms with Crippen molar-refractivity contribution in [1.82, 2.24) is 4.90 Å². The molecule has 2 amide bonds. The molecule has 0 heterocycles. The number of rotatable bonds is 8. The molecule has 8 heteroatoms. The van der Waals surface area contributed by atoms with E-state index >= 15 is 0 Å². The summed E-state index contributed by atoms with van der Waals surface area (Å²) in [6.07, 6.45) is 0. The molecule has 0 aromatic heterocycles. The Kier molecular flexibility index (Phi) is 10.5. The molecule has 1 rings (SSSR count). The molecule has 0 aliphatic carbocycles. The summed E-state index contributed by atoms with van der Waals surface area (Å²) in [4.78, 5) is 25.6. The topological polar surface area (TPSA) is 84.7 Å². The van der Waals surface area contributed by atoms with Crippen LogP contribution >= 0.6 is 24.0 Å². The smallest absolute Gasteiger partial charge is 0.260 e. The van der Waals surface area contributed by atoms with Crippen molar-refractivity contribution in [2.75, 3.05) is 25.0 Å². The first-order chi connectivity index (χ1) is 11.3. The van der Waals surface area contributed by atoms with E-state index in [0.29, 0.717) is 29.5 Å². The van der Waals surface area contributed by atoms with E-state index in [0.717, 1.165) is 0 Å². The molecule has 0 saturated heterocycles. The van der Waals surface area contributed by atoms with Crippen molar-refractivity contribution in [3.05, 3.63) is 23.2 Å². The minimum Gasteiger partial charge on any atom is -0.482 e. The van der Waals surface area contributed by atoms with Gasteiger partial charge in [0.1, 0.15) is 5.75 Å². The summed E-state index contributed by atoms with van der Waals surface area (Å²) in [5.74, 6) is 0.0558. The molecule has 0 fully saturated rings. The van der Waals surface area contributed by atoms with E-state index in [4.69, 9.17) is 22.1 Å². The van der Waals surface area contributed by atoms with Crippen LogP contribution in [0.3, 0.4) is 0 Å². The Labute approximate surface area is 160 Å². The van der Waals surface area contributed by atoms with E-state index < -0.39 is 6.04 Å². The van der Waals surface area contributed by atoms with E-state index in [1.54, 1.807) is 23.1 Å². The largest absolute Gasteiger partial charge is 0.482 e. The van der Waals surface area contributed by atoms with Crippen LogP contribution in [0, 0.1) is 5.92 Å². The third kappa shape index (κ3) is 7.10. The summed E-state index contributed by atoms with van der Waals surface area (Å²) < 4.78 is 5.47. The number of nitrogens with zero attached hydrogens (tertiary/aromatic N) is 1. The quantitative estimate of drug-likeness (QED) is 0.713. The SMILES string of the molecule is CCN(CC)C(=O)COc1ccc(NC(=O)C(N)C(C)C)cc1Cl.Cl. The number of hydrogen-bond donors (Lipinski definition) is 2. The molecule has 1 aromatic rings. The average molecular weight is 392 g/mol. The normalized spacial score (nSPS) is 11.5. The van der Waals surface area contributed by atoms with Crippen molar-refractivity contribution >= 4 is 41.5 Å². The highest BCUT2D eigenvalue weighted by molar-refractivity contribution is 6.32. The number of hydrogen-bond acceptors (Lipinski definition) is 4. The van der Waals surface area contributed by atoms with Crippen LogP contribution in [0.2, 0.25) is 5.02 Å². The standard InChI is InChI=1S/C17H26ClN3O3.ClH/c1-5-21(6-2)15(22)10-24-14-8-7-12(9-13(14)18)20-17(23)16(19)11(3)4;/h7-9,11,16H,5-6,10,19H2,1-4H3,(H,20,23);1H. The van der Waals surface area contributed by atoms with Crippen LogP contribution in [-0.4, -0.2) is 42.5 Å². The minimum absolute atomic E-state index is 0. The van der Waals surface area contributed by atoms with Gasteiger partial charge in [0.15, 0.2) is 6.61 Å². The fourth-order valence-corrected chi connectivity index (χ4v) is 2.27. The Morgan fingerprint density at radius 1 is 1.28 bits per heavy atom. The molecule has 1 aromatic carbocycles. The monoisotopic (exact) mass is 391 g/mol. The van der Waals surface area contributed by atoms with Crippen LogP contribution in [-0.2, 0) is 9.59 Å². The Balaban J connectivity index is 0.00000576. The van der Waals surface area contributed by atoms with Crippen molar-refractivity contribution in [3.8, 4) is 5.75 Å². The molecular weight excluding hydrogens is 365 g/mol. The molecule has 0 aliphatic rings. The summed E-state index contributed by atoms with van der Waals surface area (Å²) in [5.41, 5.74) is 6.33. The number of nitrogens with one attached hydrogen (secondary N) is 1. The van der Waals surface area contributed by atoms with Gasteiger partial charge < -0.3 is 20.7 Å². The minimum atomic E-state index is -0.591. The molecule has 0 radical (unpaired) electrons. The molecule has 0 spiro atoms. The summed E-state index contributed by atoms with van der Waals surface area (Å²) in [5, 5.41) is 3.03. The summed E-state index contributed by atoms with van der Waals surface area (Å²) in [6.45, 7) is 8.76. The number of halogens is 2. The Hall–Kier alpha value is -1.50. The molecule has 1 atom stereocenters. The van der Waals surface area contributed by atoms with Crippen LogP contribution in [0.4, 0.5) is 5.69 Å². The third-order valence-electron chi connectivity index (χ3n) is 3.69. The lowest BCUT2D eigenvalue weighted by Gasteiger charge is -2.19. The zero-order valence-electron chi connectivity index (χ0n) is 15.0. The van der Waals surface area contributed by atoms with Gasteiger partial charge in [-0.2, -0.15) is 0 Å². The van der Waals surface area contributed by atoms with Gasteiger partial charge in [-0.25, -0.2) is 0 Å². The Morgan fingerprint density at radius 3 is 2.36 bits per heavy atom. The summed E-state index contributed by atoms with van der Waals surface area (Å²) in [6, 6.07) is 4.26. The van der Waals surface area contributed by atoms with Crippen LogP contribution in [0.15, 0.2) is 18.2 Å². The molecule has 6 nitrogen and oxygen atoms in total. The number of amides is 2. The van der Waals surface area contributed by atoms with Crippen LogP contribution in [0.25, 0.3) is 0 Å². The molecule has 0 saturated carbocycles. The highest BCUT2D eigenvalue weighted by Crippen LogP contribution is 2.28. The lowest BCUT2D eigenvalue weighted by atomic mass is 10.0. The fraction of sp³-hybridized carbons (Fsp3) is 0.529. The van der Waals surface area contributed by atoms with Gasteiger partial charge in [0.2, 0.25) is 5.91 Å². The van der Waals surface area contributed by atoms with Crippen LogP contribution in [0.5, 0.6) is 5.75 Å². The zero-order chi connectivity index (χ0) is 18.3. The summed E-state index contributed by atoms with van der Waals surface area (Å²) >= 11 is 6.15. The maximum Gasteiger partial charge on any atom is 0.260 e. The molecule has 1 unspecified atom stereocenters. The average Bonchev–Trinajstić information content (AvgIpc) is 2.54. The van der Waals surface area contributed by atoms with E-state index in [1.807, 2.05) is 27.7 Å². The number of anilines is 1. The number of benzene rings is 1. The first-order valence-electron chi connectivity index (χ1n) is 8.06. The Morgan fingerprint density at radius 2 is 1.88 bits per heavy atom. The number of likely N-dealkylation sites (N-methyl/N-ethyl adjacent to an activating group) is 1. The highest BCUT2D eigenvalue weighted by Gasteiger charge is 2.18. The van der Waals surface area contributed by atoms with Gasteiger partial charge >= 0.3 is 0 Å². The summed E-state index contributed by atoms with van der Waals surface area (Å²) in [7, 11) is 0. The number of carbonyl (C=O) groups excluding carboxylic acids is 2. The predicted molar refractivity (Wildman–Crippen MR) is 104 cm³/mol. The highest BCUT2D eigenvalue weighted by atomic mass is 35.5. The second kappa shape index (κ2) is 11.2. The van der Waals surface area contributed by atoms with Crippen molar-refractivity contribution < 1.29 is 14.3 Å². The van der Waals surface area contributed by atoms with Gasteiger partial charge in [0.25, 0.3) is 5.91 Å².